The highest BCUT2D eigenvalue weighted by atomic mass is 79.9. The minimum Gasteiger partial charge on any atom is -0.383 e. The third-order valence-electron chi connectivity index (χ3n) is 5.80. The Morgan fingerprint density at radius 1 is 0.765 bits per heavy atom. The molecule has 0 spiro atoms. The first-order valence-electron chi connectivity index (χ1n) is 11.4. The molecule has 2 aromatic carbocycles. The van der Waals surface area contributed by atoms with E-state index in [-0.39, 0.29) is 8.92 Å². The van der Waals surface area contributed by atoms with Crippen LogP contribution in [-0.2, 0) is 18.9 Å². The van der Waals surface area contributed by atoms with E-state index in [1.54, 1.807) is 28.4 Å². The van der Waals surface area contributed by atoms with Gasteiger partial charge in [-0.15, -0.1) is 0 Å². The molecule has 1 unspecified atom stereocenters. The smallest absolute Gasteiger partial charge is 0.0807 e. The van der Waals surface area contributed by atoms with Crippen LogP contribution in [0.25, 0.3) is 0 Å². The molecule has 1 heterocycles. The topological polar surface area (TPSA) is 55.8 Å². The van der Waals surface area contributed by atoms with E-state index in [0.717, 1.165) is 42.9 Å². The molecular formula is C25H36BrN3O4S. The van der Waals surface area contributed by atoms with Crippen LogP contribution in [0.2, 0.25) is 0 Å². The lowest BCUT2D eigenvalue weighted by atomic mass is 10.1. The maximum atomic E-state index is 5.34. The van der Waals surface area contributed by atoms with Gasteiger partial charge >= 0.3 is 0 Å². The van der Waals surface area contributed by atoms with Crippen molar-refractivity contribution in [1.29, 1.82) is 0 Å². The Balaban J connectivity index is 2.04. The number of halogens is 1. The first-order valence-corrected chi connectivity index (χ1v) is 14.5. The van der Waals surface area contributed by atoms with Crippen LogP contribution in [0.1, 0.15) is 5.56 Å². The SMILES string of the molecule is COCCN(CCOC)c1cc(C)c2c(c1)S(Br)=c1cc(N(CCOC)CCOC)ccc1=N2. The Morgan fingerprint density at radius 2 is 1.29 bits per heavy atom. The van der Waals surface area contributed by atoms with Crippen molar-refractivity contribution in [3.8, 4) is 0 Å². The highest BCUT2D eigenvalue weighted by molar-refractivity contribution is 9.52. The lowest BCUT2D eigenvalue weighted by Crippen LogP contribution is -2.31. The van der Waals surface area contributed by atoms with Crippen molar-refractivity contribution in [2.45, 2.75) is 11.8 Å². The molecule has 0 radical (unpaired) electrons. The second kappa shape index (κ2) is 13.6. The van der Waals surface area contributed by atoms with E-state index >= 15 is 0 Å². The second-order valence-electron chi connectivity index (χ2n) is 8.07. The largest absolute Gasteiger partial charge is 0.383 e. The van der Waals surface area contributed by atoms with Gasteiger partial charge in [0.2, 0.25) is 0 Å². The zero-order valence-corrected chi connectivity index (χ0v) is 23.2. The average Bonchev–Trinajstić information content (AvgIpc) is 2.85. The van der Waals surface area contributed by atoms with Crippen molar-refractivity contribution in [1.82, 2.24) is 0 Å². The van der Waals surface area contributed by atoms with Crippen molar-refractivity contribution < 1.29 is 18.9 Å². The van der Waals surface area contributed by atoms with Gasteiger partial charge in [-0.05, 0) is 57.6 Å². The lowest BCUT2D eigenvalue weighted by Gasteiger charge is -2.27. The molecule has 0 saturated carbocycles. The maximum absolute atomic E-state index is 5.34. The minimum absolute atomic E-state index is 0.286. The number of rotatable bonds is 14. The van der Waals surface area contributed by atoms with Crippen molar-refractivity contribution in [3.63, 3.8) is 0 Å². The van der Waals surface area contributed by atoms with Crippen molar-refractivity contribution in [2.24, 2.45) is 4.99 Å². The molecule has 3 rings (SSSR count). The number of methoxy groups -OCH3 is 4. The molecule has 188 valence electrons. The van der Waals surface area contributed by atoms with Gasteiger partial charge in [-0.1, -0.05) is 8.92 Å². The minimum atomic E-state index is -0.286. The molecule has 0 bridgehead atoms. The van der Waals surface area contributed by atoms with Gasteiger partial charge in [0.05, 0.1) is 37.5 Å². The van der Waals surface area contributed by atoms with Gasteiger partial charge in [0.25, 0.3) is 0 Å². The highest BCUT2D eigenvalue weighted by Crippen LogP contribution is 2.47. The Labute approximate surface area is 212 Å². The summed E-state index contributed by atoms with van der Waals surface area (Å²) in [6.07, 6.45) is 0. The van der Waals surface area contributed by atoms with Gasteiger partial charge in [0.15, 0.2) is 0 Å². The number of hydrogen-bond acceptors (Lipinski definition) is 7. The summed E-state index contributed by atoms with van der Waals surface area (Å²) in [5, 5.41) is 1.02. The third kappa shape index (κ3) is 6.59. The van der Waals surface area contributed by atoms with Crippen LogP contribution in [0.4, 0.5) is 17.1 Å². The van der Waals surface area contributed by atoms with Crippen molar-refractivity contribution >= 4 is 40.8 Å². The quantitative estimate of drug-likeness (QED) is 0.324. The van der Waals surface area contributed by atoms with Crippen LogP contribution < -0.4 is 15.2 Å². The van der Waals surface area contributed by atoms with Crippen molar-refractivity contribution in [3.05, 3.63) is 45.8 Å². The van der Waals surface area contributed by atoms with E-state index in [2.05, 4.69) is 61.9 Å². The molecular weight excluding hydrogens is 518 g/mol. The number of anilines is 2. The molecule has 9 heteroatoms. The zero-order valence-electron chi connectivity index (χ0n) is 20.8. The first kappa shape index (κ1) is 27.1. The van der Waals surface area contributed by atoms with E-state index in [0.29, 0.717) is 26.4 Å². The normalized spacial score (nSPS) is 14.4. The van der Waals surface area contributed by atoms with E-state index in [9.17, 15) is 0 Å². The van der Waals surface area contributed by atoms with Crippen LogP contribution in [-0.4, -0.2) is 81.0 Å². The molecule has 0 aliphatic carbocycles. The van der Waals surface area contributed by atoms with Crippen LogP contribution in [0, 0.1) is 11.4 Å². The van der Waals surface area contributed by atoms with Crippen LogP contribution in [0.15, 0.2) is 40.2 Å². The van der Waals surface area contributed by atoms with Gasteiger partial charge in [0, 0.05) is 75.4 Å². The van der Waals surface area contributed by atoms with E-state index < -0.39 is 0 Å². The fourth-order valence-corrected chi connectivity index (χ4v) is 6.79. The Kier molecular flexibility index (Phi) is 10.8. The monoisotopic (exact) mass is 553 g/mol. The Bertz CT molecular complexity index is 1070. The fourth-order valence-electron chi connectivity index (χ4n) is 3.91. The van der Waals surface area contributed by atoms with Crippen LogP contribution in [0.5, 0.6) is 0 Å². The zero-order chi connectivity index (χ0) is 24.5. The predicted molar refractivity (Wildman–Crippen MR) is 144 cm³/mol. The van der Waals surface area contributed by atoms with Gasteiger partial charge in [-0.2, -0.15) is 0 Å². The molecule has 2 aromatic rings. The summed E-state index contributed by atoms with van der Waals surface area (Å²) >= 11 is 4.03. The first-order chi connectivity index (χ1) is 16.5. The summed E-state index contributed by atoms with van der Waals surface area (Å²) in [5.74, 6) is 0. The predicted octanol–water partition coefficient (Wildman–Crippen LogP) is 4.35. The molecule has 34 heavy (non-hydrogen) atoms. The summed E-state index contributed by atoms with van der Waals surface area (Å²) in [5.41, 5.74) is 4.54. The molecule has 1 aliphatic heterocycles. The van der Waals surface area contributed by atoms with E-state index in [1.807, 2.05) is 0 Å². The van der Waals surface area contributed by atoms with Crippen molar-refractivity contribution in [2.75, 3.05) is 90.8 Å². The summed E-state index contributed by atoms with van der Waals surface area (Å²) < 4.78 is 22.5. The molecule has 0 saturated heterocycles. The van der Waals surface area contributed by atoms with Gasteiger partial charge in [0.1, 0.15) is 0 Å². The van der Waals surface area contributed by atoms with Gasteiger partial charge in [-0.25, -0.2) is 4.99 Å². The molecule has 1 aliphatic rings. The number of nitrogens with zero attached hydrogens (tertiary/aromatic N) is 3. The second-order valence-corrected chi connectivity index (χ2v) is 11.4. The number of fused-ring (bicyclic) bond motifs is 2. The number of benzene rings is 2. The third-order valence-corrected chi connectivity index (χ3v) is 9.31. The Morgan fingerprint density at radius 3 is 1.82 bits per heavy atom. The average molecular weight is 555 g/mol. The molecule has 0 fully saturated rings. The number of hydrogen-bond donors (Lipinski definition) is 0. The van der Waals surface area contributed by atoms with E-state index in [4.69, 9.17) is 23.9 Å². The molecule has 0 amide bonds. The van der Waals surface area contributed by atoms with Gasteiger partial charge < -0.3 is 28.7 Å². The van der Waals surface area contributed by atoms with E-state index in [1.165, 1.54) is 20.7 Å². The number of ether oxygens (including phenoxy) is 4. The molecule has 1 atom stereocenters. The standard InChI is InChI=1S/C25H36BrN3O4S/c1-19-16-21(29(10-14-32-4)11-15-33-5)18-24-25(19)27-22-7-6-20(17-23(22)34(24)26)28(8-12-30-2)9-13-31-3/h6-7,16-18H,8-15H2,1-5H3. The van der Waals surface area contributed by atoms with Crippen LogP contribution >= 0.6 is 23.7 Å². The Hall–Kier alpha value is -1.49. The fraction of sp³-hybridized carbons (Fsp3) is 0.520. The van der Waals surface area contributed by atoms with Gasteiger partial charge in [-0.3, -0.25) is 0 Å². The molecule has 7 nitrogen and oxygen atoms in total. The molecule has 0 N–H and O–H groups in total. The number of aryl methyl sites for hydroxylation is 1. The lowest BCUT2D eigenvalue weighted by molar-refractivity contribution is 0.190. The summed E-state index contributed by atoms with van der Waals surface area (Å²) in [6, 6.07) is 11.0. The summed E-state index contributed by atoms with van der Waals surface area (Å²) in [6.45, 7) is 8.01. The summed E-state index contributed by atoms with van der Waals surface area (Å²) in [7, 11) is 6.65. The van der Waals surface area contributed by atoms with Crippen LogP contribution in [0.3, 0.4) is 0 Å². The molecule has 0 aromatic heterocycles. The summed E-state index contributed by atoms with van der Waals surface area (Å²) in [4.78, 5) is 10.9. The highest BCUT2D eigenvalue weighted by Gasteiger charge is 2.18. The maximum Gasteiger partial charge on any atom is 0.0807 e.